The molecule has 0 aliphatic heterocycles. The number of halogens is 5. The second-order valence-corrected chi connectivity index (χ2v) is 5.19. The maximum Gasteiger partial charge on any atom is 0.422 e. The summed E-state index contributed by atoms with van der Waals surface area (Å²) in [6, 6.07) is 8.30. The molecule has 0 amide bonds. The second kappa shape index (κ2) is 6.94. The molecule has 0 saturated carbocycles. The Balaban J connectivity index is 2.27. The number of hydrogen-bond donors (Lipinski definition) is 0. The van der Waals surface area contributed by atoms with Crippen LogP contribution in [0.5, 0.6) is 0 Å². The Bertz CT molecular complexity index is 661. The summed E-state index contributed by atoms with van der Waals surface area (Å²) in [7, 11) is 0. The van der Waals surface area contributed by atoms with Gasteiger partial charge in [0.2, 0.25) is 0 Å². The Labute approximate surface area is 131 Å². The Morgan fingerprint density at radius 1 is 0.913 bits per heavy atom. The van der Waals surface area contributed by atoms with Crippen LogP contribution in [-0.2, 0) is 12.6 Å². The van der Waals surface area contributed by atoms with Crippen LogP contribution in [0, 0.1) is 11.6 Å². The molecule has 0 aliphatic carbocycles. The van der Waals surface area contributed by atoms with Gasteiger partial charge in [0.15, 0.2) is 0 Å². The van der Waals surface area contributed by atoms with Gasteiger partial charge in [-0.15, -0.1) is 6.58 Å². The van der Waals surface area contributed by atoms with Gasteiger partial charge in [-0.1, -0.05) is 30.3 Å². The minimum Gasteiger partial charge on any atom is -0.206 e. The zero-order chi connectivity index (χ0) is 17.0. The molecular weight excluding hydrogens is 311 g/mol. The fourth-order valence-electron chi connectivity index (χ4n) is 2.32. The third-order valence-electron chi connectivity index (χ3n) is 3.49. The molecule has 122 valence electrons. The van der Waals surface area contributed by atoms with E-state index in [0.717, 1.165) is 24.8 Å². The second-order valence-electron chi connectivity index (χ2n) is 5.19. The molecule has 0 radical (unpaired) electrons. The van der Waals surface area contributed by atoms with E-state index in [1.54, 1.807) is 24.3 Å². The van der Waals surface area contributed by atoms with Crippen LogP contribution in [0.4, 0.5) is 22.0 Å². The van der Waals surface area contributed by atoms with E-state index in [2.05, 4.69) is 6.58 Å². The van der Waals surface area contributed by atoms with Crippen molar-refractivity contribution in [2.24, 2.45) is 0 Å². The van der Waals surface area contributed by atoms with E-state index in [4.69, 9.17) is 0 Å². The van der Waals surface area contributed by atoms with E-state index in [0.29, 0.717) is 17.7 Å². The lowest BCUT2D eigenvalue weighted by molar-refractivity contribution is -0.142. The van der Waals surface area contributed by atoms with Gasteiger partial charge < -0.3 is 0 Å². The van der Waals surface area contributed by atoms with Gasteiger partial charge in [-0.2, -0.15) is 13.2 Å². The first-order chi connectivity index (χ1) is 10.8. The van der Waals surface area contributed by atoms with Crippen molar-refractivity contribution in [2.45, 2.75) is 25.4 Å². The maximum absolute atomic E-state index is 13.6. The number of allylic oxidation sites excluding steroid dienone is 1. The SMILES string of the molecule is C=CCCCc1ccc(-c2cc(F)c(C(F)(F)F)c(F)c2)cc1. The lowest BCUT2D eigenvalue weighted by atomic mass is 10.00. The monoisotopic (exact) mass is 326 g/mol. The molecule has 2 aromatic carbocycles. The van der Waals surface area contributed by atoms with Crippen molar-refractivity contribution < 1.29 is 22.0 Å². The molecule has 0 N–H and O–H groups in total. The molecule has 2 rings (SSSR count). The van der Waals surface area contributed by atoms with E-state index < -0.39 is 23.4 Å². The molecule has 0 heterocycles. The fraction of sp³-hybridized carbons (Fsp3) is 0.222. The van der Waals surface area contributed by atoms with Gasteiger partial charge in [0.25, 0.3) is 0 Å². The molecule has 0 bridgehead atoms. The standard InChI is InChI=1S/C18H15F5/c1-2-3-4-5-12-6-8-13(9-7-12)14-10-15(19)17(16(20)11-14)18(21,22)23/h2,6-11H,1,3-5H2. The largest absolute Gasteiger partial charge is 0.422 e. The smallest absolute Gasteiger partial charge is 0.206 e. The Morgan fingerprint density at radius 3 is 1.96 bits per heavy atom. The molecule has 0 nitrogen and oxygen atoms in total. The summed E-state index contributed by atoms with van der Waals surface area (Å²) in [5.41, 5.74) is -0.277. The highest BCUT2D eigenvalue weighted by atomic mass is 19.4. The van der Waals surface area contributed by atoms with Crippen LogP contribution in [0.3, 0.4) is 0 Å². The predicted octanol–water partition coefficient (Wildman–Crippen LogP) is 6.16. The summed E-state index contributed by atoms with van der Waals surface area (Å²) in [6.45, 7) is 3.64. The summed E-state index contributed by atoms with van der Waals surface area (Å²) in [4.78, 5) is 0. The normalized spacial score (nSPS) is 11.5. The summed E-state index contributed by atoms with van der Waals surface area (Å²) in [6.07, 6.45) is -0.574. The van der Waals surface area contributed by atoms with E-state index in [9.17, 15) is 22.0 Å². The van der Waals surface area contributed by atoms with Crippen molar-refractivity contribution in [2.75, 3.05) is 0 Å². The maximum atomic E-state index is 13.6. The van der Waals surface area contributed by atoms with Gasteiger partial charge in [-0.05, 0) is 48.1 Å². The van der Waals surface area contributed by atoms with Crippen LogP contribution in [0.1, 0.15) is 24.0 Å². The van der Waals surface area contributed by atoms with Gasteiger partial charge in [0.05, 0.1) is 0 Å². The predicted molar refractivity (Wildman–Crippen MR) is 79.9 cm³/mol. The Kier molecular flexibility index (Phi) is 5.19. The number of unbranched alkanes of at least 4 members (excludes halogenated alkanes) is 1. The van der Waals surface area contributed by atoms with Crippen LogP contribution >= 0.6 is 0 Å². The molecule has 0 unspecified atom stereocenters. The number of hydrogen-bond acceptors (Lipinski definition) is 0. The van der Waals surface area contributed by atoms with Crippen molar-refractivity contribution in [3.63, 3.8) is 0 Å². The molecule has 0 fully saturated rings. The van der Waals surface area contributed by atoms with Crippen molar-refractivity contribution in [3.8, 4) is 11.1 Å². The minimum atomic E-state index is -5.05. The molecule has 2 aromatic rings. The number of rotatable bonds is 5. The van der Waals surface area contributed by atoms with Crippen molar-refractivity contribution >= 4 is 0 Å². The topological polar surface area (TPSA) is 0 Å². The molecule has 23 heavy (non-hydrogen) atoms. The fourth-order valence-corrected chi connectivity index (χ4v) is 2.32. The van der Waals surface area contributed by atoms with Crippen LogP contribution in [0.25, 0.3) is 11.1 Å². The lowest BCUT2D eigenvalue weighted by Gasteiger charge is -2.11. The average Bonchev–Trinajstić information content (AvgIpc) is 2.46. The van der Waals surface area contributed by atoms with E-state index in [1.807, 2.05) is 6.08 Å². The van der Waals surface area contributed by atoms with Crippen molar-refractivity contribution in [1.29, 1.82) is 0 Å². The summed E-state index contributed by atoms with van der Waals surface area (Å²) in [5.74, 6) is -3.22. The summed E-state index contributed by atoms with van der Waals surface area (Å²) < 4.78 is 64.9. The zero-order valence-corrected chi connectivity index (χ0v) is 12.3. The van der Waals surface area contributed by atoms with Gasteiger partial charge in [0.1, 0.15) is 17.2 Å². The molecule has 0 atom stereocenters. The molecule has 0 spiro atoms. The molecule has 0 aliphatic rings. The van der Waals surface area contributed by atoms with Gasteiger partial charge in [-0.25, -0.2) is 8.78 Å². The summed E-state index contributed by atoms with van der Waals surface area (Å²) in [5, 5.41) is 0. The van der Waals surface area contributed by atoms with E-state index >= 15 is 0 Å². The van der Waals surface area contributed by atoms with Gasteiger partial charge in [0, 0.05) is 0 Å². The first-order valence-electron chi connectivity index (χ1n) is 7.09. The number of alkyl halides is 3. The van der Waals surface area contributed by atoms with E-state index in [1.165, 1.54) is 0 Å². The zero-order valence-electron chi connectivity index (χ0n) is 12.3. The van der Waals surface area contributed by atoms with E-state index in [-0.39, 0.29) is 5.56 Å². The molecule has 0 saturated heterocycles. The summed E-state index contributed by atoms with van der Waals surface area (Å²) >= 11 is 0. The highest BCUT2D eigenvalue weighted by Gasteiger charge is 2.37. The van der Waals surface area contributed by atoms with Crippen molar-refractivity contribution in [3.05, 3.63) is 71.8 Å². The Morgan fingerprint density at radius 2 is 1.48 bits per heavy atom. The number of benzene rings is 2. The highest BCUT2D eigenvalue weighted by molar-refractivity contribution is 5.64. The quantitative estimate of drug-likeness (QED) is 0.351. The van der Waals surface area contributed by atoms with Crippen LogP contribution in [0.2, 0.25) is 0 Å². The minimum absolute atomic E-state index is 0.0747. The first kappa shape index (κ1) is 17.2. The third-order valence-corrected chi connectivity index (χ3v) is 3.49. The first-order valence-corrected chi connectivity index (χ1v) is 7.09. The van der Waals surface area contributed by atoms with Crippen molar-refractivity contribution in [1.82, 2.24) is 0 Å². The number of aryl methyl sites for hydroxylation is 1. The highest BCUT2D eigenvalue weighted by Crippen LogP contribution is 2.35. The van der Waals surface area contributed by atoms with Crippen LogP contribution in [-0.4, -0.2) is 0 Å². The molecule has 0 aromatic heterocycles. The third kappa shape index (κ3) is 4.18. The van der Waals surface area contributed by atoms with Crippen LogP contribution in [0.15, 0.2) is 49.1 Å². The average molecular weight is 326 g/mol. The lowest BCUT2D eigenvalue weighted by Crippen LogP contribution is -2.11. The molecular formula is C18H15F5. The van der Waals surface area contributed by atoms with Gasteiger partial charge in [-0.3, -0.25) is 0 Å². The Hall–Kier alpha value is -2.17. The van der Waals surface area contributed by atoms with Crippen LogP contribution < -0.4 is 0 Å². The van der Waals surface area contributed by atoms with Gasteiger partial charge >= 0.3 is 6.18 Å². The molecule has 5 heteroatoms.